The number of pyridine rings is 1. The number of carboxylic acid groups (broad SMARTS) is 1. The Morgan fingerprint density at radius 2 is 2.12 bits per heavy atom. The number of carboxylic acids is 1. The molecule has 0 spiro atoms. The highest BCUT2D eigenvalue weighted by Gasteiger charge is 2.68. The summed E-state index contributed by atoms with van der Waals surface area (Å²) in [6, 6.07) is 4.30. The van der Waals surface area contributed by atoms with Crippen molar-refractivity contribution in [1.29, 1.82) is 0 Å². The van der Waals surface area contributed by atoms with Crippen molar-refractivity contribution in [2.24, 2.45) is 5.41 Å². The van der Waals surface area contributed by atoms with Crippen molar-refractivity contribution in [1.82, 2.24) is 9.88 Å². The molecule has 7 nitrogen and oxygen atoms in total. The quantitative estimate of drug-likeness (QED) is 0.764. The third-order valence-corrected chi connectivity index (χ3v) is 4.95. The number of carbonyl (C=O) groups is 2. The summed E-state index contributed by atoms with van der Waals surface area (Å²) in [5, 5.41) is 9.50. The van der Waals surface area contributed by atoms with Gasteiger partial charge in [0.15, 0.2) is 0 Å². The molecule has 1 aliphatic carbocycles. The Morgan fingerprint density at radius 1 is 1.40 bits per heavy atom. The lowest BCUT2D eigenvalue weighted by atomic mass is 10.0. The van der Waals surface area contributed by atoms with Crippen LogP contribution in [0.3, 0.4) is 0 Å². The summed E-state index contributed by atoms with van der Waals surface area (Å²) in [5.74, 6) is -0.546. The SMILES string of the molecule is CC(C)(C)OC(=O)N1[C@H](C(=O)O)C[C@@]2(COc3cccc(Br)n3)C[C@@H]12. The Morgan fingerprint density at radius 3 is 2.72 bits per heavy atom. The second-order valence-corrected chi connectivity index (χ2v) is 8.43. The van der Waals surface area contributed by atoms with Crippen molar-refractivity contribution in [3.8, 4) is 5.88 Å². The van der Waals surface area contributed by atoms with Crippen LogP contribution in [0, 0.1) is 5.41 Å². The first-order valence-corrected chi connectivity index (χ1v) is 8.90. The molecule has 1 N–H and O–H groups in total. The van der Waals surface area contributed by atoms with E-state index in [1.54, 1.807) is 32.9 Å². The molecule has 25 heavy (non-hydrogen) atoms. The molecule has 136 valence electrons. The summed E-state index contributed by atoms with van der Waals surface area (Å²) in [6.45, 7) is 5.61. The molecular weight excluding hydrogens is 392 g/mol. The average Bonchev–Trinajstić information content (AvgIpc) is 3.08. The lowest BCUT2D eigenvalue weighted by molar-refractivity contribution is -0.142. The van der Waals surface area contributed by atoms with Gasteiger partial charge in [0.1, 0.15) is 16.2 Å². The predicted molar refractivity (Wildman–Crippen MR) is 92.4 cm³/mol. The molecule has 2 fully saturated rings. The van der Waals surface area contributed by atoms with Crippen LogP contribution in [0.2, 0.25) is 0 Å². The molecule has 1 aromatic rings. The third kappa shape index (κ3) is 3.73. The van der Waals surface area contributed by atoms with Gasteiger partial charge in [0, 0.05) is 17.5 Å². The van der Waals surface area contributed by atoms with Crippen molar-refractivity contribution in [2.75, 3.05) is 6.61 Å². The van der Waals surface area contributed by atoms with E-state index in [-0.39, 0.29) is 11.5 Å². The van der Waals surface area contributed by atoms with Gasteiger partial charge in [-0.1, -0.05) is 6.07 Å². The zero-order valence-corrected chi connectivity index (χ0v) is 15.9. The summed E-state index contributed by atoms with van der Waals surface area (Å²) in [4.78, 5) is 29.6. The first-order valence-electron chi connectivity index (χ1n) is 8.11. The van der Waals surface area contributed by atoms with Crippen LogP contribution in [-0.4, -0.2) is 51.3 Å². The Labute approximate surface area is 154 Å². The number of ether oxygens (including phenoxy) is 2. The van der Waals surface area contributed by atoms with Gasteiger partial charge >= 0.3 is 12.1 Å². The van der Waals surface area contributed by atoms with Gasteiger partial charge in [0.2, 0.25) is 5.88 Å². The van der Waals surface area contributed by atoms with Crippen LogP contribution in [0.1, 0.15) is 33.6 Å². The number of fused-ring (bicyclic) bond motifs is 1. The molecule has 0 unspecified atom stereocenters. The molecule has 0 radical (unpaired) electrons. The van der Waals surface area contributed by atoms with Gasteiger partial charge in [0.25, 0.3) is 0 Å². The van der Waals surface area contributed by atoms with Gasteiger partial charge in [0.05, 0.1) is 6.61 Å². The predicted octanol–water partition coefficient (Wildman–Crippen LogP) is 3.08. The lowest BCUT2D eigenvalue weighted by Gasteiger charge is -2.28. The number of carbonyl (C=O) groups excluding carboxylic acids is 1. The van der Waals surface area contributed by atoms with Gasteiger partial charge < -0.3 is 14.6 Å². The lowest BCUT2D eigenvalue weighted by Crippen LogP contribution is -2.45. The number of rotatable bonds is 4. The molecule has 1 amide bonds. The second kappa shape index (κ2) is 6.16. The summed E-state index contributed by atoms with van der Waals surface area (Å²) in [5.41, 5.74) is -1.01. The molecule has 1 aromatic heterocycles. The van der Waals surface area contributed by atoms with Crippen molar-refractivity contribution in [3.05, 3.63) is 22.8 Å². The van der Waals surface area contributed by atoms with Crippen LogP contribution < -0.4 is 4.74 Å². The van der Waals surface area contributed by atoms with Gasteiger partial charge in [-0.15, -0.1) is 0 Å². The number of hydrogen-bond donors (Lipinski definition) is 1. The van der Waals surface area contributed by atoms with Crippen LogP contribution in [0.25, 0.3) is 0 Å². The van der Waals surface area contributed by atoms with Gasteiger partial charge in [-0.2, -0.15) is 0 Å². The third-order valence-electron chi connectivity index (χ3n) is 4.50. The molecule has 2 aliphatic rings. The number of aliphatic carboxylic acids is 1. The van der Waals surface area contributed by atoms with E-state index in [9.17, 15) is 14.7 Å². The zero-order valence-electron chi connectivity index (χ0n) is 14.4. The summed E-state index contributed by atoms with van der Waals surface area (Å²) in [6.07, 6.45) is 0.495. The van der Waals surface area contributed by atoms with Crippen molar-refractivity contribution < 1.29 is 24.2 Å². The smallest absolute Gasteiger partial charge is 0.411 e. The molecular formula is C17H21BrN2O5. The van der Waals surface area contributed by atoms with E-state index in [1.165, 1.54) is 4.90 Å². The maximum atomic E-state index is 12.5. The van der Waals surface area contributed by atoms with E-state index in [0.717, 1.165) is 0 Å². The Bertz CT molecular complexity index is 705. The fourth-order valence-electron chi connectivity index (χ4n) is 3.32. The first-order chi connectivity index (χ1) is 11.6. The number of piperidine rings is 1. The monoisotopic (exact) mass is 412 g/mol. The Balaban J connectivity index is 1.71. The number of nitrogens with zero attached hydrogens (tertiary/aromatic N) is 2. The number of amides is 1. The number of halogens is 1. The minimum Gasteiger partial charge on any atom is -0.480 e. The van der Waals surface area contributed by atoms with E-state index in [4.69, 9.17) is 9.47 Å². The second-order valence-electron chi connectivity index (χ2n) is 7.62. The molecule has 3 atom stereocenters. The maximum absolute atomic E-state index is 12.5. The highest BCUT2D eigenvalue weighted by Crippen LogP contribution is 2.59. The summed E-state index contributed by atoms with van der Waals surface area (Å²) >= 11 is 3.29. The molecule has 2 heterocycles. The van der Waals surface area contributed by atoms with E-state index in [2.05, 4.69) is 20.9 Å². The average molecular weight is 413 g/mol. The Kier molecular flexibility index (Phi) is 4.43. The molecule has 3 rings (SSSR count). The van der Waals surface area contributed by atoms with Crippen molar-refractivity contribution >= 4 is 28.0 Å². The van der Waals surface area contributed by atoms with E-state index < -0.39 is 23.7 Å². The zero-order chi connectivity index (χ0) is 18.4. The van der Waals surface area contributed by atoms with Gasteiger partial charge in [-0.3, -0.25) is 4.90 Å². The number of aromatic nitrogens is 1. The maximum Gasteiger partial charge on any atom is 0.411 e. The van der Waals surface area contributed by atoms with Crippen LogP contribution in [0.4, 0.5) is 4.79 Å². The van der Waals surface area contributed by atoms with Crippen LogP contribution >= 0.6 is 15.9 Å². The van der Waals surface area contributed by atoms with Crippen LogP contribution in [0.5, 0.6) is 5.88 Å². The minimum absolute atomic E-state index is 0.171. The highest BCUT2D eigenvalue weighted by molar-refractivity contribution is 9.10. The number of likely N-dealkylation sites (tertiary alicyclic amines) is 1. The summed E-state index contributed by atoms with van der Waals surface area (Å²) in [7, 11) is 0. The van der Waals surface area contributed by atoms with E-state index in [0.29, 0.717) is 29.9 Å². The summed E-state index contributed by atoms with van der Waals surface area (Å²) < 4.78 is 11.8. The van der Waals surface area contributed by atoms with Gasteiger partial charge in [-0.05, 0) is 55.6 Å². The van der Waals surface area contributed by atoms with E-state index in [1.807, 2.05) is 6.07 Å². The van der Waals surface area contributed by atoms with Crippen molar-refractivity contribution in [3.63, 3.8) is 0 Å². The molecule has 0 bridgehead atoms. The molecule has 0 aromatic carbocycles. The standard InChI is InChI=1S/C17H21BrN2O5/c1-16(2,3)25-15(23)20-10(14(21)22)7-17(8-11(17)20)9-24-13-6-4-5-12(18)19-13/h4-6,10-11H,7-9H2,1-3H3,(H,21,22)/t10-,11+,17-/m0/s1. The van der Waals surface area contributed by atoms with E-state index >= 15 is 0 Å². The molecule has 1 saturated carbocycles. The van der Waals surface area contributed by atoms with Crippen LogP contribution in [-0.2, 0) is 9.53 Å². The molecule has 8 heteroatoms. The van der Waals surface area contributed by atoms with Crippen LogP contribution in [0.15, 0.2) is 22.8 Å². The largest absolute Gasteiger partial charge is 0.480 e. The molecule has 1 saturated heterocycles. The fourth-order valence-corrected chi connectivity index (χ4v) is 3.64. The van der Waals surface area contributed by atoms with Gasteiger partial charge in [-0.25, -0.2) is 14.6 Å². The fraction of sp³-hybridized carbons (Fsp3) is 0.588. The molecule has 1 aliphatic heterocycles. The topological polar surface area (TPSA) is 89.0 Å². The number of hydrogen-bond acceptors (Lipinski definition) is 5. The highest BCUT2D eigenvalue weighted by atomic mass is 79.9. The Hall–Kier alpha value is -1.83. The normalized spacial score (nSPS) is 27.6. The minimum atomic E-state index is -1.02. The van der Waals surface area contributed by atoms with Crippen molar-refractivity contribution in [2.45, 2.75) is 51.3 Å². The first kappa shape index (κ1) is 18.0.